The van der Waals surface area contributed by atoms with Crippen LogP contribution in [0.5, 0.6) is 5.75 Å². The van der Waals surface area contributed by atoms with Gasteiger partial charge < -0.3 is 20.2 Å². The molecule has 1 saturated heterocycles. The fourth-order valence-electron chi connectivity index (χ4n) is 6.04. The zero-order valence-electron chi connectivity index (χ0n) is 24.8. The third kappa shape index (κ3) is 5.17. The molecule has 0 bridgehead atoms. The van der Waals surface area contributed by atoms with Crippen LogP contribution in [0.4, 0.5) is 10.2 Å². The van der Waals surface area contributed by atoms with Crippen molar-refractivity contribution in [1.82, 2.24) is 34.5 Å². The van der Waals surface area contributed by atoms with E-state index in [4.69, 9.17) is 15.2 Å². The van der Waals surface area contributed by atoms with E-state index in [1.54, 1.807) is 29.1 Å². The summed E-state index contributed by atoms with van der Waals surface area (Å²) in [5.41, 5.74) is 9.09. The maximum absolute atomic E-state index is 15.3. The lowest BCUT2D eigenvalue weighted by atomic mass is 9.94. The first kappa shape index (κ1) is 28.6. The maximum Gasteiger partial charge on any atom is 0.343 e. The second-order valence-electron chi connectivity index (χ2n) is 11.4. The predicted octanol–water partition coefficient (Wildman–Crippen LogP) is 4.45. The molecular formula is C33H31FN8O3. The van der Waals surface area contributed by atoms with E-state index in [0.717, 1.165) is 26.2 Å². The average Bonchev–Trinajstić information content (AvgIpc) is 3.44. The van der Waals surface area contributed by atoms with Gasteiger partial charge in [-0.25, -0.2) is 23.8 Å². The second-order valence-corrected chi connectivity index (χ2v) is 11.4. The first-order chi connectivity index (χ1) is 21.8. The number of piperazine rings is 1. The van der Waals surface area contributed by atoms with E-state index in [1.165, 1.54) is 24.7 Å². The van der Waals surface area contributed by atoms with E-state index < -0.39 is 11.7 Å². The number of rotatable bonds is 6. The highest BCUT2D eigenvalue weighted by molar-refractivity contribution is 5.99. The minimum absolute atomic E-state index is 0.0369. The summed E-state index contributed by atoms with van der Waals surface area (Å²) in [5.74, 6) is 0.204. The molecule has 5 heterocycles. The van der Waals surface area contributed by atoms with Gasteiger partial charge >= 0.3 is 5.63 Å². The number of nitrogen functional groups attached to an aromatic ring is 1. The molecule has 12 heteroatoms. The molecule has 0 saturated carbocycles. The van der Waals surface area contributed by atoms with Crippen LogP contribution in [0, 0.1) is 5.82 Å². The van der Waals surface area contributed by atoms with Crippen molar-refractivity contribution in [3.8, 4) is 28.1 Å². The van der Waals surface area contributed by atoms with Crippen LogP contribution < -0.4 is 11.4 Å². The zero-order chi connectivity index (χ0) is 31.2. The maximum atomic E-state index is 15.3. The van der Waals surface area contributed by atoms with Crippen molar-refractivity contribution in [1.29, 1.82) is 0 Å². The standard InChI is InChI=1S/C33H31FN8O3/c1-19(42-32-28(31(35)37-18-38-32)29(39-42)21-14-23(43)16-36-15-21)30-27(24-5-3-4-6-25(24)33(44)45-30)20-7-8-26(34)22(13-20)17-41-11-9-40(2)10-12-41/h3-8,13-16,18-19,43H,9-12,17H2,1-2H3,(H2,35,37,38). The molecule has 228 valence electrons. The summed E-state index contributed by atoms with van der Waals surface area (Å²) in [6, 6.07) is 13.1. The quantitative estimate of drug-likeness (QED) is 0.280. The predicted molar refractivity (Wildman–Crippen MR) is 169 cm³/mol. The van der Waals surface area contributed by atoms with Crippen LogP contribution in [0.25, 0.3) is 44.2 Å². The van der Waals surface area contributed by atoms with Crippen molar-refractivity contribution >= 4 is 27.6 Å². The number of benzene rings is 2. The topological polar surface area (TPSA) is 139 Å². The zero-order valence-corrected chi connectivity index (χ0v) is 24.8. The highest BCUT2D eigenvalue weighted by Crippen LogP contribution is 2.39. The summed E-state index contributed by atoms with van der Waals surface area (Å²) in [6.45, 7) is 5.85. The Hall–Kier alpha value is -5.20. The molecule has 0 radical (unpaired) electrons. The van der Waals surface area contributed by atoms with Gasteiger partial charge in [0.1, 0.15) is 41.2 Å². The normalized spacial score (nSPS) is 15.2. The summed E-state index contributed by atoms with van der Waals surface area (Å²) in [5, 5.41) is 16.5. The van der Waals surface area contributed by atoms with Gasteiger partial charge in [-0.15, -0.1) is 0 Å². The van der Waals surface area contributed by atoms with Crippen LogP contribution in [0.2, 0.25) is 0 Å². The Morgan fingerprint density at radius 2 is 1.80 bits per heavy atom. The fourth-order valence-corrected chi connectivity index (χ4v) is 6.04. The molecule has 1 atom stereocenters. The first-order valence-electron chi connectivity index (χ1n) is 14.7. The van der Waals surface area contributed by atoms with E-state index in [0.29, 0.717) is 62.1 Å². The van der Waals surface area contributed by atoms with Crippen molar-refractivity contribution in [2.45, 2.75) is 19.5 Å². The largest absolute Gasteiger partial charge is 0.506 e. The Morgan fingerprint density at radius 1 is 1.02 bits per heavy atom. The lowest BCUT2D eigenvalue weighted by Crippen LogP contribution is -2.44. The van der Waals surface area contributed by atoms with Gasteiger partial charge in [-0.1, -0.05) is 24.3 Å². The van der Waals surface area contributed by atoms with Crippen molar-refractivity contribution in [3.63, 3.8) is 0 Å². The van der Waals surface area contributed by atoms with E-state index in [2.05, 4.69) is 31.8 Å². The van der Waals surface area contributed by atoms with Crippen LogP contribution in [0.3, 0.4) is 0 Å². The van der Waals surface area contributed by atoms with Crippen LogP contribution in [0.1, 0.15) is 24.3 Å². The number of likely N-dealkylation sites (N-methyl/N-ethyl adjacent to an activating group) is 1. The lowest BCUT2D eigenvalue weighted by Gasteiger charge is -2.32. The van der Waals surface area contributed by atoms with Crippen LogP contribution >= 0.6 is 0 Å². The lowest BCUT2D eigenvalue weighted by molar-refractivity contribution is 0.147. The van der Waals surface area contributed by atoms with Crippen molar-refractivity contribution < 1.29 is 13.9 Å². The molecule has 45 heavy (non-hydrogen) atoms. The molecule has 1 fully saturated rings. The van der Waals surface area contributed by atoms with Gasteiger partial charge in [0.05, 0.1) is 17.0 Å². The summed E-state index contributed by atoms with van der Waals surface area (Å²) in [4.78, 5) is 30.6. The number of nitrogens with two attached hydrogens (primary N) is 1. The average molecular weight is 607 g/mol. The van der Waals surface area contributed by atoms with E-state index >= 15 is 4.39 Å². The van der Waals surface area contributed by atoms with Crippen LogP contribution in [-0.2, 0) is 6.54 Å². The molecule has 1 aliphatic rings. The minimum atomic E-state index is -0.667. The number of hydrogen-bond donors (Lipinski definition) is 2. The molecule has 3 N–H and O–H groups in total. The highest BCUT2D eigenvalue weighted by atomic mass is 19.1. The Bertz CT molecular complexity index is 2120. The molecule has 0 aliphatic carbocycles. The smallest absolute Gasteiger partial charge is 0.343 e. The number of fused-ring (bicyclic) bond motifs is 2. The van der Waals surface area contributed by atoms with Crippen molar-refractivity contribution in [2.75, 3.05) is 39.0 Å². The van der Waals surface area contributed by atoms with Gasteiger partial charge in [0.2, 0.25) is 0 Å². The fraction of sp³-hybridized carbons (Fsp3) is 0.242. The molecular weight excluding hydrogens is 575 g/mol. The van der Waals surface area contributed by atoms with E-state index in [9.17, 15) is 9.90 Å². The van der Waals surface area contributed by atoms with Gasteiger partial charge in [-0.2, -0.15) is 5.10 Å². The van der Waals surface area contributed by atoms with Gasteiger partial charge in [0.25, 0.3) is 0 Å². The van der Waals surface area contributed by atoms with Crippen LogP contribution in [0.15, 0.2) is 76.5 Å². The Morgan fingerprint density at radius 3 is 2.58 bits per heavy atom. The molecule has 4 aromatic heterocycles. The summed E-state index contributed by atoms with van der Waals surface area (Å²) in [6.07, 6.45) is 4.22. The number of nitrogens with zero attached hydrogens (tertiary/aromatic N) is 7. The molecule has 2 aromatic carbocycles. The first-order valence-corrected chi connectivity index (χ1v) is 14.7. The molecule has 1 unspecified atom stereocenters. The molecule has 1 aliphatic heterocycles. The van der Waals surface area contributed by atoms with Gasteiger partial charge in [-0.05, 0) is 43.8 Å². The molecule has 7 rings (SSSR count). The third-order valence-corrected chi connectivity index (χ3v) is 8.45. The Kier molecular flexibility index (Phi) is 7.22. The number of aromatic hydroxyl groups is 1. The SMILES string of the molecule is CC(c1oc(=O)c2ccccc2c1-c1ccc(F)c(CN2CCN(C)CC2)c1)n1nc(-c2cncc(O)c2)c2c(N)ncnc21. The Balaban J connectivity index is 1.41. The van der Waals surface area contributed by atoms with E-state index in [1.807, 2.05) is 25.1 Å². The molecule has 11 nitrogen and oxygen atoms in total. The summed E-state index contributed by atoms with van der Waals surface area (Å²) >= 11 is 0. The van der Waals surface area contributed by atoms with Crippen molar-refractivity contribution in [2.24, 2.45) is 0 Å². The Labute approximate surface area is 257 Å². The monoisotopic (exact) mass is 606 g/mol. The third-order valence-electron chi connectivity index (χ3n) is 8.45. The van der Waals surface area contributed by atoms with Crippen molar-refractivity contribution in [3.05, 3.63) is 94.8 Å². The van der Waals surface area contributed by atoms with Gasteiger partial charge in [0.15, 0.2) is 5.65 Å². The highest BCUT2D eigenvalue weighted by Gasteiger charge is 2.27. The number of anilines is 1. The van der Waals surface area contributed by atoms with E-state index in [-0.39, 0.29) is 17.4 Å². The summed E-state index contributed by atoms with van der Waals surface area (Å²) in [7, 11) is 2.09. The minimum Gasteiger partial charge on any atom is -0.506 e. The van der Waals surface area contributed by atoms with Gasteiger partial charge in [0, 0.05) is 61.0 Å². The molecule has 6 aromatic rings. The van der Waals surface area contributed by atoms with Gasteiger partial charge in [-0.3, -0.25) is 9.88 Å². The van der Waals surface area contributed by atoms with Crippen LogP contribution in [-0.4, -0.2) is 72.9 Å². The summed E-state index contributed by atoms with van der Waals surface area (Å²) < 4.78 is 23.0. The number of pyridine rings is 1. The number of halogens is 1. The number of aromatic nitrogens is 5. The molecule has 0 spiro atoms. The second kappa shape index (κ2) is 11.4. The molecule has 0 amide bonds. The number of hydrogen-bond acceptors (Lipinski definition) is 10.